The number of β-amino-alcohol motifs (C(OH)–C–C–N with tert-alkyl or cyclic N) is 1. The van der Waals surface area contributed by atoms with Gasteiger partial charge in [0, 0.05) is 48.3 Å². The smallest absolute Gasteiger partial charge is 0.246 e. The second-order valence-corrected chi connectivity index (χ2v) is 21.8. The van der Waals surface area contributed by atoms with Crippen molar-refractivity contribution in [2.75, 3.05) is 33.1 Å². The highest BCUT2D eigenvalue weighted by Gasteiger charge is 2.44. The normalized spacial score (nSPS) is 15.6. The molecule has 1 aliphatic heterocycles. The fourth-order valence-corrected chi connectivity index (χ4v) is 11.3. The number of thiophene rings is 1. The fourth-order valence-electron chi connectivity index (χ4n) is 9.57. The van der Waals surface area contributed by atoms with Gasteiger partial charge in [0.25, 0.3) is 0 Å². The molecule has 5 N–H and O–H groups in total. The molecule has 1 fully saturated rings. The summed E-state index contributed by atoms with van der Waals surface area (Å²) in [4.78, 5) is 59.0. The monoisotopic (exact) mass is 1020 g/mol. The maximum absolute atomic E-state index is 14.2. The number of amides is 3. The van der Waals surface area contributed by atoms with Gasteiger partial charge in [-0.25, -0.2) is 15.0 Å². The number of fused-ring (bicyclic) bond motifs is 1. The maximum Gasteiger partial charge on any atom is 0.246 e. The number of thiazole rings is 1. The molecule has 14 nitrogen and oxygen atoms in total. The zero-order valence-electron chi connectivity index (χ0n) is 43.3. The first kappa shape index (κ1) is 53.8. The Morgan fingerprint density at radius 2 is 1.64 bits per heavy atom. The van der Waals surface area contributed by atoms with Crippen molar-refractivity contribution in [1.82, 2.24) is 35.8 Å². The van der Waals surface area contributed by atoms with Crippen molar-refractivity contribution in [2.24, 2.45) is 5.41 Å². The number of aliphatic hydroxyl groups is 1. The van der Waals surface area contributed by atoms with Crippen LogP contribution in [0.5, 0.6) is 11.5 Å². The van der Waals surface area contributed by atoms with Crippen LogP contribution in [0.4, 0.5) is 5.82 Å². The van der Waals surface area contributed by atoms with Gasteiger partial charge in [0.15, 0.2) is 11.5 Å². The number of benzene rings is 3. The summed E-state index contributed by atoms with van der Waals surface area (Å²) < 4.78 is 11.8. The van der Waals surface area contributed by atoms with Gasteiger partial charge in [-0.1, -0.05) is 95.0 Å². The van der Waals surface area contributed by atoms with E-state index in [-0.39, 0.29) is 49.7 Å². The predicted octanol–water partition coefficient (Wildman–Crippen LogP) is 10.1. The van der Waals surface area contributed by atoms with Gasteiger partial charge in [0.05, 0.1) is 48.0 Å². The molecule has 0 spiro atoms. The van der Waals surface area contributed by atoms with E-state index in [2.05, 4.69) is 68.9 Å². The van der Waals surface area contributed by atoms with Crippen LogP contribution in [0.1, 0.15) is 118 Å². The summed E-state index contributed by atoms with van der Waals surface area (Å²) >= 11 is 3.32. The highest BCUT2D eigenvalue weighted by Crippen LogP contribution is 2.41. The molecule has 1 saturated heterocycles. The number of unbranched alkanes of at least 4 members (excludes halogenated alkanes) is 5. The summed E-state index contributed by atoms with van der Waals surface area (Å²) in [6.45, 7) is 12.9. The van der Waals surface area contributed by atoms with E-state index in [0.29, 0.717) is 23.7 Å². The van der Waals surface area contributed by atoms with Gasteiger partial charge in [-0.05, 0) is 97.8 Å². The Labute approximate surface area is 432 Å². The fraction of sp³-hybridized carbons (Fsp3) is 0.464. The van der Waals surface area contributed by atoms with Gasteiger partial charge < -0.3 is 40.7 Å². The van der Waals surface area contributed by atoms with Crippen LogP contribution in [0.2, 0.25) is 0 Å². The van der Waals surface area contributed by atoms with E-state index < -0.39 is 23.6 Å². The van der Waals surface area contributed by atoms with Crippen LogP contribution in [-0.4, -0.2) is 88.7 Å². The summed E-state index contributed by atoms with van der Waals surface area (Å²) in [6.07, 6.45) is 5.72. The van der Waals surface area contributed by atoms with Crippen LogP contribution < -0.4 is 30.7 Å². The number of rotatable bonds is 23. The van der Waals surface area contributed by atoms with Crippen LogP contribution in [0.3, 0.4) is 0 Å². The lowest BCUT2D eigenvalue weighted by molar-refractivity contribution is -0.144. The van der Waals surface area contributed by atoms with Crippen molar-refractivity contribution >= 4 is 57.1 Å². The number of nitrogens with zero attached hydrogens (tertiary/aromatic N) is 4. The van der Waals surface area contributed by atoms with E-state index in [1.165, 1.54) is 26.5 Å². The van der Waals surface area contributed by atoms with E-state index in [0.717, 1.165) is 89.1 Å². The quantitative estimate of drug-likeness (QED) is 0.0386. The van der Waals surface area contributed by atoms with E-state index in [1.54, 1.807) is 36.9 Å². The van der Waals surface area contributed by atoms with Crippen LogP contribution in [0, 0.1) is 19.3 Å². The number of aliphatic hydroxyl groups excluding tert-OH is 1. The number of carbonyl (C=O) groups excluding carboxylic acids is 3. The SMILES string of the molecule is CNCc1ccccc1-c1csc([C@@H](C)Nc2nc(C)nc3c(CCCCCCCCC(=O)NC(C(=O)N4C[C@H](O)C[C@H]4C(=O)NCc4ccc(-c5scnc5C)cc4)C(C)(C)C)c(OC)c(OC)cc23)c1. The molecule has 384 valence electrons. The lowest BCUT2D eigenvalue weighted by Gasteiger charge is -2.35. The molecule has 0 saturated carbocycles. The van der Waals surface area contributed by atoms with Gasteiger partial charge >= 0.3 is 0 Å². The average molecular weight is 1020 g/mol. The van der Waals surface area contributed by atoms with Crippen LogP contribution >= 0.6 is 22.7 Å². The third-order valence-electron chi connectivity index (χ3n) is 13.4. The van der Waals surface area contributed by atoms with Crippen molar-refractivity contribution in [3.8, 4) is 33.1 Å². The number of aromatic nitrogens is 3. The van der Waals surface area contributed by atoms with Crippen molar-refractivity contribution in [1.29, 1.82) is 0 Å². The molecule has 3 aromatic heterocycles. The summed E-state index contributed by atoms with van der Waals surface area (Å²) in [7, 11) is 5.29. The predicted molar refractivity (Wildman–Crippen MR) is 290 cm³/mol. The number of anilines is 1. The number of hydrogen-bond donors (Lipinski definition) is 5. The van der Waals surface area contributed by atoms with Crippen LogP contribution in [0.25, 0.3) is 32.5 Å². The Kier molecular flexibility index (Phi) is 18.4. The zero-order valence-corrected chi connectivity index (χ0v) is 44.9. The minimum absolute atomic E-state index is 0.0129. The molecule has 0 aliphatic carbocycles. The first-order chi connectivity index (χ1) is 34.6. The Morgan fingerprint density at radius 1 is 0.903 bits per heavy atom. The largest absolute Gasteiger partial charge is 0.493 e. The molecule has 4 atom stereocenters. The second kappa shape index (κ2) is 24.7. The molecule has 1 unspecified atom stereocenters. The Morgan fingerprint density at radius 3 is 2.33 bits per heavy atom. The molecule has 16 heteroatoms. The maximum atomic E-state index is 14.2. The molecule has 0 radical (unpaired) electrons. The first-order valence-electron chi connectivity index (χ1n) is 25.1. The van der Waals surface area contributed by atoms with Crippen molar-refractivity contribution in [2.45, 2.75) is 137 Å². The number of carbonyl (C=O) groups is 3. The van der Waals surface area contributed by atoms with E-state index in [4.69, 9.17) is 19.4 Å². The van der Waals surface area contributed by atoms with E-state index in [9.17, 15) is 19.5 Å². The summed E-state index contributed by atoms with van der Waals surface area (Å²) in [6, 6.07) is 19.0. The lowest BCUT2D eigenvalue weighted by atomic mass is 9.85. The average Bonchev–Trinajstić information content (AvgIpc) is 4.13. The number of likely N-dealkylation sites (tertiary alicyclic amines) is 1. The molecule has 6 aromatic rings. The minimum Gasteiger partial charge on any atom is -0.493 e. The number of hydrogen-bond acceptors (Lipinski definition) is 13. The van der Waals surface area contributed by atoms with Crippen molar-refractivity contribution in [3.05, 3.63) is 105 Å². The summed E-state index contributed by atoms with van der Waals surface area (Å²) in [5, 5.41) is 26.7. The number of methoxy groups -OCH3 is 2. The Hall–Kier alpha value is -5.94. The summed E-state index contributed by atoms with van der Waals surface area (Å²) in [5.74, 6) is 1.83. The van der Waals surface area contributed by atoms with Gasteiger partial charge in [-0.3, -0.25) is 14.4 Å². The van der Waals surface area contributed by atoms with Gasteiger partial charge in [0.1, 0.15) is 23.7 Å². The number of ether oxygens (including phenoxy) is 2. The molecule has 7 rings (SSSR count). The van der Waals surface area contributed by atoms with Gasteiger partial charge in [0.2, 0.25) is 17.7 Å². The molecule has 3 aromatic carbocycles. The lowest BCUT2D eigenvalue weighted by Crippen LogP contribution is -2.57. The Balaban J connectivity index is 0.894. The molecule has 0 bridgehead atoms. The number of aryl methyl sites for hydroxylation is 3. The summed E-state index contributed by atoms with van der Waals surface area (Å²) in [5.41, 5.74) is 9.68. The third-order valence-corrected chi connectivity index (χ3v) is 15.5. The second-order valence-electron chi connectivity index (χ2n) is 20.0. The highest BCUT2D eigenvalue weighted by molar-refractivity contribution is 7.13. The molecular weight excluding hydrogens is 945 g/mol. The van der Waals surface area contributed by atoms with Crippen molar-refractivity contribution in [3.63, 3.8) is 0 Å². The van der Waals surface area contributed by atoms with Crippen molar-refractivity contribution < 1.29 is 29.0 Å². The zero-order chi connectivity index (χ0) is 51.5. The molecular formula is C56H72N8O6S2. The van der Waals surface area contributed by atoms with Gasteiger partial charge in [-0.15, -0.1) is 22.7 Å². The first-order valence-corrected chi connectivity index (χ1v) is 26.9. The number of nitrogens with one attached hydrogen (secondary N) is 4. The van der Waals surface area contributed by atoms with Gasteiger partial charge in [-0.2, -0.15) is 0 Å². The standard InChI is InChI=1S/C56H72N8O6S2/c1-34(47-26-40(32-71-47)42-19-17-16-18-39(42)30-57-7)60-53-44-28-46(69-8)50(70-9)43(49(44)61-36(3)62-53)20-14-12-10-11-13-15-21-48(66)63-52(56(4,5)6)55(68)64-31-41(65)27-45(64)54(67)58-29-37-22-24-38(25-23-37)51-35(2)59-33-72-51/h16-19,22-26,28,32-34,41,45,52,57,65H,10-15,20-21,27,29-31H2,1-9H3,(H,58,67)(H,63,66)(H,60,61,62)/t34-,41-,45+,52?/m1/s1. The third kappa shape index (κ3) is 13.2. The van der Waals surface area contributed by atoms with Crippen LogP contribution in [-0.2, 0) is 33.9 Å². The Bertz CT molecular complexity index is 2800. The molecule has 4 heterocycles. The van der Waals surface area contributed by atoms with E-state index >= 15 is 0 Å². The minimum atomic E-state index is -0.867. The topological polar surface area (TPSA) is 180 Å². The van der Waals surface area contributed by atoms with Crippen LogP contribution in [0.15, 0.2) is 71.6 Å². The molecule has 1 aliphatic rings. The molecule has 72 heavy (non-hydrogen) atoms. The molecule has 3 amide bonds. The highest BCUT2D eigenvalue weighted by atomic mass is 32.1. The van der Waals surface area contributed by atoms with E-state index in [1.807, 2.05) is 77.5 Å².